The van der Waals surface area contributed by atoms with E-state index in [1.54, 1.807) is 17.5 Å². The summed E-state index contributed by atoms with van der Waals surface area (Å²) >= 11 is 1.78. The molecule has 0 spiro atoms. The van der Waals surface area contributed by atoms with E-state index in [-0.39, 0.29) is 0 Å². The highest BCUT2D eigenvalue weighted by Gasteiger charge is 2.06. The molecule has 0 amide bonds. The fraction of sp³-hybridized carbons (Fsp3) is 0.0714. The van der Waals surface area contributed by atoms with E-state index in [2.05, 4.69) is 34.6 Å². The van der Waals surface area contributed by atoms with E-state index in [1.807, 2.05) is 12.1 Å². The van der Waals surface area contributed by atoms with E-state index in [0.29, 0.717) is 5.82 Å². The molecule has 2 aromatic heterocycles. The maximum absolute atomic E-state index is 5.87. The van der Waals surface area contributed by atoms with Crippen LogP contribution >= 0.6 is 11.3 Å². The molecule has 0 saturated heterocycles. The van der Waals surface area contributed by atoms with Crippen LogP contribution in [0.2, 0.25) is 0 Å². The van der Waals surface area contributed by atoms with Crippen molar-refractivity contribution < 1.29 is 0 Å². The Hall–Kier alpha value is -1.87. The topological polar surface area (TPSA) is 38.9 Å². The molecule has 0 aliphatic heterocycles. The number of anilines is 1. The summed E-state index contributed by atoms with van der Waals surface area (Å²) in [4.78, 5) is 4.12. The van der Waals surface area contributed by atoms with Gasteiger partial charge in [0.25, 0.3) is 0 Å². The lowest BCUT2D eigenvalue weighted by Gasteiger charge is -2.03. The molecule has 2 heterocycles. The number of thiophene rings is 1. The number of fused-ring (bicyclic) bond motifs is 1. The van der Waals surface area contributed by atoms with Crippen LogP contribution < -0.4 is 5.73 Å². The summed E-state index contributed by atoms with van der Waals surface area (Å²) in [6, 6.07) is 12.4. The Morgan fingerprint density at radius 2 is 1.94 bits per heavy atom. The van der Waals surface area contributed by atoms with Gasteiger partial charge in [0.05, 0.1) is 0 Å². The summed E-state index contributed by atoms with van der Waals surface area (Å²) in [7, 11) is 0. The molecule has 2 N–H and O–H groups in total. The Morgan fingerprint density at radius 1 is 1.06 bits per heavy atom. The van der Waals surface area contributed by atoms with Gasteiger partial charge in [0.15, 0.2) is 0 Å². The molecule has 3 heteroatoms. The van der Waals surface area contributed by atoms with E-state index < -0.39 is 0 Å². The predicted octanol–water partition coefficient (Wildman–Crippen LogP) is 3.47. The minimum Gasteiger partial charge on any atom is -0.383 e. The molecule has 0 aliphatic rings. The predicted molar refractivity (Wildman–Crippen MR) is 73.3 cm³/mol. The summed E-state index contributed by atoms with van der Waals surface area (Å²) < 4.78 is 1.32. The lowest BCUT2D eigenvalue weighted by molar-refractivity contribution is 1.18. The van der Waals surface area contributed by atoms with Gasteiger partial charge in [-0.25, -0.2) is 4.98 Å². The number of benzene rings is 1. The van der Waals surface area contributed by atoms with E-state index in [4.69, 9.17) is 5.73 Å². The fourth-order valence-corrected chi connectivity index (χ4v) is 2.94. The van der Waals surface area contributed by atoms with Crippen molar-refractivity contribution in [3.8, 4) is 0 Å². The molecule has 2 nitrogen and oxygen atoms in total. The molecule has 0 fully saturated rings. The minimum absolute atomic E-state index is 0.628. The van der Waals surface area contributed by atoms with Crippen molar-refractivity contribution in [1.82, 2.24) is 4.98 Å². The van der Waals surface area contributed by atoms with Gasteiger partial charge in [-0.15, -0.1) is 11.3 Å². The van der Waals surface area contributed by atoms with Gasteiger partial charge in [-0.05, 0) is 34.0 Å². The third-order valence-electron chi connectivity index (χ3n) is 2.87. The van der Waals surface area contributed by atoms with Crippen LogP contribution in [-0.4, -0.2) is 4.98 Å². The van der Waals surface area contributed by atoms with Crippen molar-refractivity contribution in [2.45, 2.75) is 6.42 Å². The molecule has 0 bridgehead atoms. The van der Waals surface area contributed by atoms with Gasteiger partial charge in [-0.3, -0.25) is 0 Å². The summed E-state index contributed by atoms with van der Waals surface area (Å²) in [5.41, 5.74) is 8.29. The van der Waals surface area contributed by atoms with Gasteiger partial charge < -0.3 is 5.73 Å². The summed E-state index contributed by atoms with van der Waals surface area (Å²) in [5.74, 6) is 0.628. The molecule has 3 aromatic rings. The normalized spacial score (nSPS) is 10.8. The Balaban J connectivity index is 2.03. The van der Waals surface area contributed by atoms with Crippen LogP contribution in [0.1, 0.15) is 11.1 Å². The molecule has 17 heavy (non-hydrogen) atoms. The van der Waals surface area contributed by atoms with Crippen molar-refractivity contribution in [2.24, 2.45) is 0 Å². The van der Waals surface area contributed by atoms with Crippen LogP contribution in [0.4, 0.5) is 5.82 Å². The van der Waals surface area contributed by atoms with E-state index in [1.165, 1.54) is 15.6 Å². The van der Waals surface area contributed by atoms with E-state index in [0.717, 1.165) is 12.0 Å². The molecule has 0 aliphatic carbocycles. The third kappa shape index (κ3) is 1.89. The Bertz CT molecular complexity index is 658. The van der Waals surface area contributed by atoms with Crippen molar-refractivity contribution in [2.75, 3.05) is 5.73 Å². The van der Waals surface area contributed by atoms with Crippen molar-refractivity contribution in [3.05, 3.63) is 59.1 Å². The third-order valence-corrected chi connectivity index (χ3v) is 3.88. The zero-order valence-electron chi connectivity index (χ0n) is 9.26. The van der Waals surface area contributed by atoms with Crippen LogP contribution in [0.25, 0.3) is 10.1 Å². The highest BCUT2D eigenvalue weighted by Crippen LogP contribution is 2.28. The van der Waals surface area contributed by atoms with Gasteiger partial charge in [-0.1, -0.05) is 24.3 Å². The minimum atomic E-state index is 0.628. The Morgan fingerprint density at radius 3 is 2.82 bits per heavy atom. The average molecular weight is 240 g/mol. The maximum Gasteiger partial charge on any atom is 0.126 e. The van der Waals surface area contributed by atoms with Crippen molar-refractivity contribution in [1.29, 1.82) is 0 Å². The van der Waals surface area contributed by atoms with Crippen LogP contribution in [0.15, 0.2) is 48.0 Å². The van der Waals surface area contributed by atoms with Crippen LogP contribution in [0, 0.1) is 0 Å². The van der Waals surface area contributed by atoms with Crippen molar-refractivity contribution in [3.63, 3.8) is 0 Å². The molecule has 84 valence electrons. The maximum atomic E-state index is 5.87. The standard InChI is InChI=1S/C14H12N2S/c15-14-10(4-3-7-16-14)8-11-9-17-13-6-2-1-5-12(11)13/h1-7,9H,8H2,(H2,15,16). The number of rotatable bonds is 2. The Labute approximate surface area is 104 Å². The second-order valence-corrected chi connectivity index (χ2v) is 4.89. The largest absolute Gasteiger partial charge is 0.383 e. The van der Waals surface area contributed by atoms with E-state index >= 15 is 0 Å². The monoisotopic (exact) mass is 240 g/mol. The summed E-state index contributed by atoms with van der Waals surface area (Å²) in [6.07, 6.45) is 2.58. The lowest BCUT2D eigenvalue weighted by Crippen LogP contribution is -1.97. The zero-order valence-corrected chi connectivity index (χ0v) is 10.1. The number of aromatic nitrogens is 1. The van der Waals surface area contributed by atoms with Gasteiger partial charge in [-0.2, -0.15) is 0 Å². The van der Waals surface area contributed by atoms with Gasteiger partial charge >= 0.3 is 0 Å². The molecule has 0 radical (unpaired) electrons. The molecular weight excluding hydrogens is 228 g/mol. The number of nitrogens with zero attached hydrogens (tertiary/aromatic N) is 1. The number of nitrogens with two attached hydrogens (primary N) is 1. The first-order chi connectivity index (χ1) is 8.34. The second-order valence-electron chi connectivity index (χ2n) is 3.98. The second kappa shape index (κ2) is 4.18. The fourth-order valence-electron chi connectivity index (χ4n) is 1.98. The quantitative estimate of drug-likeness (QED) is 0.745. The molecule has 0 unspecified atom stereocenters. The highest BCUT2D eigenvalue weighted by atomic mass is 32.1. The van der Waals surface area contributed by atoms with Crippen LogP contribution in [0.3, 0.4) is 0 Å². The summed E-state index contributed by atoms with van der Waals surface area (Å²) in [5, 5.41) is 3.53. The molecular formula is C14H12N2S. The number of hydrogen-bond donors (Lipinski definition) is 1. The first kappa shape index (κ1) is 10.3. The molecule has 0 atom stereocenters. The first-order valence-corrected chi connectivity index (χ1v) is 6.37. The van der Waals surface area contributed by atoms with Gasteiger partial charge in [0, 0.05) is 17.3 Å². The summed E-state index contributed by atoms with van der Waals surface area (Å²) in [6.45, 7) is 0. The number of hydrogen-bond acceptors (Lipinski definition) is 3. The van der Waals surface area contributed by atoms with E-state index in [9.17, 15) is 0 Å². The average Bonchev–Trinajstić information content (AvgIpc) is 2.76. The zero-order chi connectivity index (χ0) is 11.7. The molecule has 0 saturated carbocycles. The number of nitrogen functional groups attached to an aromatic ring is 1. The lowest BCUT2D eigenvalue weighted by atomic mass is 10.1. The molecule has 1 aromatic carbocycles. The Kier molecular flexibility index (Phi) is 2.53. The van der Waals surface area contributed by atoms with Crippen molar-refractivity contribution >= 4 is 27.2 Å². The van der Waals surface area contributed by atoms with Crippen LogP contribution in [-0.2, 0) is 6.42 Å². The van der Waals surface area contributed by atoms with Gasteiger partial charge in [0.1, 0.15) is 5.82 Å². The SMILES string of the molecule is Nc1ncccc1Cc1csc2ccccc12. The number of pyridine rings is 1. The first-order valence-electron chi connectivity index (χ1n) is 5.49. The van der Waals surface area contributed by atoms with Gasteiger partial charge in [0.2, 0.25) is 0 Å². The smallest absolute Gasteiger partial charge is 0.126 e. The highest BCUT2D eigenvalue weighted by molar-refractivity contribution is 7.17. The molecule has 3 rings (SSSR count). The van der Waals surface area contributed by atoms with Crippen LogP contribution in [0.5, 0.6) is 0 Å².